The van der Waals surface area contributed by atoms with E-state index < -0.39 is 12.1 Å². The number of thiophene rings is 1. The van der Waals surface area contributed by atoms with Gasteiger partial charge in [0.05, 0.1) is 28.5 Å². The molecule has 38 heavy (non-hydrogen) atoms. The van der Waals surface area contributed by atoms with E-state index in [1.54, 1.807) is 6.08 Å². The first-order valence-corrected chi connectivity index (χ1v) is 13.4. The molecular formula is C28H26F3N5OS. The van der Waals surface area contributed by atoms with Gasteiger partial charge in [0.2, 0.25) is 0 Å². The zero-order chi connectivity index (χ0) is 26.6. The number of pyridine rings is 2. The van der Waals surface area contributed by atoms with Gasteiger partial charge >= 0.3 is 6.18 Å². The quantitative estimate of drug-likeness (QED) is 0.313. The summed E-state index contributed by atoms with van der Waals surface area (Å²) in [6, 6.07) is 11.7. The molecule has 10 heteroatoms. The van der Waals surface area contributed by atoms with Crippen LogP contribution in [0.15, 0.2) is 43.0 Å². The number of benzene rings is 1. The molecule has 0 spiro atoms. The molecule has 0 unspecified atom stereocenters. The molecule has 5 heterocycles. The van der Waals surface area contributed by atoms with E-state index in [1.165, 1.54) is 11.3 Å². The summed E-state index contributed by atoms with van der Waals surface area (Å²) in [5.74, 6) is -0.712. The van der Waals surface area contributed by atoms with Crippen molar-refractivity contribution < 1.29 is 18.0 Å². The fourth-order valence-electron chi connectivity index (χ4n) is 5.27. The molecule has 0 radical (unpaired) electrons. The Labute approximate surface area is 221 Å². The molecule has 1 atom stereocenters. The van der Waals surface area contributed by atoms with E-state index in [9.17, 15) is 18.0 Å². The fraction of sp³-hybridized carbons (Fsp3) is 0.321. The van der Waals surface area contributed by atoms with Crippen LogP contribution in [0, 0.1) is 5.92 Å². The molecule has 0 aliphatic carbocycles. The molecule has 4 aromatic rings. The van der Waals surface area contributed by atoms with Crippen molar-refractivity contribution in [2.45, 2.75) is 32.0 Å². The first kappa shape index (κ1) is 24.7. The second kappa shape index (κ2) is 9.27. The first-order chi connectivity index (χ1) is 18.2. The van der Waals surface area contributed by atoms with Crippen LogP contribution in [-0.2, 0) is 0 Å². The van der Waals surface area contributed by atoms with E-state index in [1.807, 2.05) is 48.2 Å². The molecule has 2 aliphatic heterocycles. The Morgan fingerprint density at radius 3 is 2.66 bits per heavy atom. The Bertz CT molecular complexity index is 1570. The molecule has 6 nitrogen and oxygen atoms in total. The van der Waals surface area contributed by atoms with Crippen LogP contribution in [0.25, 0.3) is 38.3 Å². The predicted molar refractivity (Wildman–Crippen MR) is 147 cm³/mol. The number of anilines is 2. The number of piperidine rings is 1. The fourth-order valence-corrected chi connectivity index (χ4v) is 6.37. The Morgan fingerprint density at radius 2 is 1.92 bits per heavy atom. The van der Waals surface area contributed by atoms with E-state index in [-0.39, 0.29) is 24.8 Å². The van der Waals surface area contributed by atoms with Crippen LogP contribution in [0.1, 0.15) is 35.1 Å². The highest BCUT2D eigenvalue weighted by molar-refractivity contribution is 7.21. The molecule has 1 saturated heterocycles. The van der Waals surface area contributed by atoms with Crippen molar-refractivity contribution in [1.29, 1.82) is 0 Å². The average Bonchev–Trinajstić information content (AvgIpc) is 3.23. The third-order valence-electron chi connectivity index (χ3n) is 7.31. The van der Waals surface area contributed by atoms with Crippen LogP contribution in [0.2, 0.25) is 0 Å². The van der Waals surface area contributed by atoms with E-state index in [0.717, 1.165) is 37.9 Å². The van der Waals surface area contributed by atoms with Gasteiger partial charge in [0.25, 0.3) is 5.91 Å². The molecule has 1 amide bonds. The lowest BCUT2D eigenvalue weighted by Gasteiger charge is -2.34. The summed E-state index contributed by atoms with van der Waals surface area (Å²) in [7, 11) is 0. The molecule has 2 aliphatic rings. The Kier molecular flexibility index (Phi) is 6.02. The standard InChI is InChI=1S/C28H26F3N5OS/c1-3-18-12-16(13-23(34-18)36-10-8-17(9-11-36)28(29,30)31)20-5-4-19-21(35-20)6-7-22-24(19)25-26(38-22)27(37)33-15(2)14-32-25/h3-7,12-13,15,17,32H,1,8-11,14H2,2H3,(H,33,37)/t15-/m1/s1. The highest BCUT2D eigenvalue weighted by atomic mass is 32.1. The van der Waals surface area contributed by atoms with Crippen LogP contribution in [0.4, 0.5) is 24.7 Å². The smallest absolute Gasteiger partial charge is 0.381 e. The van der Waals surface area contributed by atoms with Crippen LogP contribution >= 0.6 is 11.3 Å². The van der Waals surface area contributed by atoms with E-state index in [2.05, 4.69) is 22.2 Å². The molecule has 0 saturated carbocycles. The predicted octanol–water partition coefficient (Wildman–Crippen LogP) is 6.48. The molecule has 3 aromatic heterocycles. The summed E-state index contributed by atoms with van der Waals surface area (Å²) in [4.78, 5) is 24.8. The van der Waals surface area contributed by atoms with Gasteiger partial charge in [-0.05, 0) is 62.2 Å². The number of carbonyl (C=O) groups is 1. The highest BCUT2D eigenvalue weighted by Crippen LogP contribution is 2.41. The third kappa shape index (κ3) is 4.36. The zero-order valence-corrected chi connectivity index (χ0v) is 21.5. The number of alkyl halides is 3. The highest BCUT2D eigenvalue weighted by Gasteiger charge is 2.41. The maximum absolute atomic E-state index is 13.2. The minimum Gasteiger partial charge on any atom is -0.381 e. The Morgan fingerprint density at radius 1 is 1.13 bits per heavy atom. The number of fused-ring (bicyclic) bond motifs is 5. The van der Waals surface area contributed by atoms with Gasteiger partial charge in [-0.15, -0.1) is 11.3 Å². The molecular weight excluding hydrogens is 511 g/mol. The molecule has 6 rings (SSSR count). The molecule has 0 bridgehead atoms. The Balaban J connectivity index is 1.38. The van der Waals surface area contributed by atoms with Crippen molar-refractivity contribution in [3.05, 3.63) is 53.5 Å². The Hall–Kier alpha value is -3.66. The number of carbonyl (C=O) groups excluding carboxylic acids is 1. The van der Waals surface area contributed by atoms with Crippen molar-refractivity contribution in [2.75, 3.05) is 29.9 Å². The maximum atomic E-state index is 13.2. The number of nitrogens with one attached hydrogen (secondary N) is 2. The number of rotatable bonds is 3. The average molecular weight is 538 g/mol. The number of amides is 1. The van der Waals surface area contributed by atoms with E-state index >= 15 is 0 Å². The van der Waals surface area contributed by atoms with Gasteiger partial charge in [0.1, 0.15) is 10.7 Å². The molecule has 1 fully saturated rings. The number of aromatic nitrogens is 2. The first-order valence-electron chi connectivity index (χ1n) is 12.6. The van der Waals surface area contributed by atoms with Gasteiger partial charge in [0, 0.05) is 46.7 Å². The minimum absolute atomic E-state index is 0.0241. The van der Waals surface area contributed by atoms with Gasteiger partial charge in [-0.25, -0.2) is 9.97 Å². The van der Waals surface area contributed by atoms with Gasteiger partial charge in [-0.1, -0.05) is 6.58 Å². The van der Waals surface area contributed by atoms with Crippen LogP contribution < -0.4 is 15.5 Å². The topological polar surface area (TPSA) is 70.2 Å². The monoisotopic (exact) mass is 537 g/mol. The van der Waals surface area contributed by atoms with Crippen molar-refractivity contribution in [3.63, 3.8) is 0 Å². The van der Waals surface area contributed by atoms with Gasteiger partial charge in [0.15, 0.2) is 0 Å². The third-order valence-corrected chi connectivity index (χ3v) is 8.46. The summed E-state index contributed by atoms with van der Waals surface area (Å²) in [5.41, 5.74) is 3.82. The molecule has 2 N–H and O–H groups in total. The van der Waals surface area contributed by atoms with Crippen molar-refractivity contribution >= 4 is 55.8 Å². The summed E-state index contributed by atoms with van der Waals surface area (Å²) in [5, 5.41) is 8.39. The summed E-state index contributed by atoms with van der Waals surface area (Å²) < 4.78 is 40.5. The van der Waals surface area contributed by atoms with Gasteiger partial charge in [-0.3, -0.25) is 4.79 Å². The van der Waals surface area contributed by atoms with E-state index in [0.29, 0.717) is 36.0 Å². The summed E-state index contributed by atoms with van der Waals surface area (Å²) >= 11 is 1.47. The van der Waals surface area contributed by atoms with Gasteiger partial charge in [-0.2, -0.15) is 13.2 Å². The van der Waals surface area contributed by atoms with Crippen molar-refractivity contribution in [1.82, 2.24) is 15.3 Å². The molecule has 1 aromatic carbocycles. The minimum atomic E-state index is -4.16. The van der Waals surface area contributed by atoms with Gasteiger partial charge < -0.3 is 15.5 Å². The second-order valence-corrected chi connectivity index (χ2v) is 11.0. The van der Waals surface area contributed by atoms with Crippen molar-refractivity contribution in [2.24, 2.45) is 5.92 Å². The van der Waals surface area contributed by atoms with Crippen molar-refractivity contribution in [3.8, 4) is 11.3 Å². The van der Waals surface area contributed by atoms with E-state index in [4.69, 9.17) is 4.98 Å². The lowest BCUT2D eigenvalue weighted by Crippen LogP contribution is -2.39. The lowest BCUT2D eigenvalue weighted by molar-refractivity contribution is -0.179. The summed E-state index contributed by atoms with van der Waals surface area (Å²) in [6.07, 6.45) is -2.41. The lowest BCUT2D eigenvalue weighted by atomic mass is 9.96. The summed E-state index contributed by atoms with van der Waals surface area (Å²) in [6.45, 7) is 7.04. The SMILES string of the molecule is C=Cc1cc(-c2ccc3c(ccc4sc5c(c43)NC[C@@H](C)NC5=O)n2)cc(N2CCC(C(F)(F)F)CC2)n1. The second-order valence-electron chi connectivity index (χ2n) is 9.91. The number of hydrogen-bond donors (Lipinski definition) is 2. The zero-order valence-electron chi connectivity index (χ0n) is 20.7. The number of halogens is 3. The normalized spacial score (nSPS) is 18.7. The molecule has 196 valence electrons. The van der Waals surface area contributed by atoms with Crippen LogP contribution in [0.3, 0.4) is 0 Å². The van der Waals surface area contributed by atoms with Crippen LogP contribution in [0.5, 0.6) is 0 Å². The number of nitrogens with zero attached hydrogens (tertiary/aromatic N) is 3. The largest absolute Gasteiger partial charge is 0.391 e. The number of hydrogen-bond acceptors (Lipinski definition) is 6. The maximum Gasteiger partial charge on any atom is 0.391 e. The van der Waals surface area contributed by atoms with Crippen LogP contribution in [-0.4, -0.2) is 47.7 Å².